The molecule has 1 aliphatic heterocycles. The lowest BCUT2D eigenvalue weighted by atomic mass is 10.1. The molecule has 2 N–H and O–H groups in total. The van der Waals surface area contributed by atoms with Crippen LogP contribution in [0.5, 0.6) is 11.5 Å². The van der Waals surface area contributed by atoms with Gasteiger partial charge in [-0.2, -0.15) is 5.10 Å². The Morgan fingerprint density at radius 1 is 1.16 bits per heavy atom. The van der Waals surface area contributed by atoms with Crippen molar-refractivity contribution in [2.45, 2.75) is 13.0 Å². The molecule has 0 fully saturated rings. The number of rotatable bonds is 3. The maximum Gasteiger partial charge on any atom is 0.272 e. The summed E-state index contributed by atoms with van der Waals surface area (Å²) in [6, 6.07) is 12.1. The Morgan fingerprint density at radius 3 is 2.76 bits per heavy atom. The van der Waals surface area contributed by atoms with Crippen molar-refractivity contribution in [3.63, 3.8) is 0 Å². The van der Waals surface area contributed by atoms with Crippen LogP contribution < -0.4 is 20.3 Å². The fraction of sp³-hybridized carbons (Fsp3) is 0.167. The molecule has 0 bridgehead atoms. The summed E-state index contributed by atoms with van der Waals surface area (Å²) in [4.78, 5) is 24.5. The summed E-state index contributed by atoms with van der Waals surface area (Å²) in [5.41, 5.74) is 0.741. The first-order chi connectivity index (χ1) is 12.1. The molecule has 4 rings (SSSR count). The molecule has 1 aliphatic rings. The topological polar surface area (TPSA) is 93.3 Å². The van der Waals surface area contributed by atoms with Crippen molar-refractivity contribution in [1.82, 2.24) is 15.5 Å². The minimum Gasteiger partial charge on any atom is -0.454 e. The van der Waals surface area contributed by atoms with Gasteiger partial charge in [0, 0.05) is 5.39 Å². The van der Waals surface area contributed by atoms with E-state index in [0.717, 1.165) is 5.56 Å². The standard InChI is InChI=1S/C18H15N3O4/c1-10(11-6-7-14-15(8-11)25-9-24-14)19-18(23)16-12-4-2-3-5-13(12)17(22)21-20-16/h2-8,10H,9H2,1H3,(H,19,23)(H,21,22). The van der Waals surface area contributed by atoms with E-state index in [9.17, 15) is 9.59 Å². The van der Waals surface area contributed by atoms with Crippen molar-refractivity contribution in [1.29, 1.82) is 0 Å². The number of nitrogens with one attached hydrogen (secondary N) is 2. The number of fused-ring (bicyclic) bond motifs is 2. The summed E-state index contributed by atoms with van der Waals surface area (Å²) in [5, 5.41) is 10.1. The number of ether oxygens (including phenoxy) is 2. The van der Waals surface area contributed by atoms with E-state index in [4.69, 9.17) is 9.47 Å². The molecule has 1 atom stereocenters. The normalized spacial score (nSPS) is 13.6. The third-order valence-electron chi connectivity index (χ3n) is 4.16. The molecule has 0 aliphatic carbocycles. The number of aromatic amines is 1. The van der Waals surface area contributed by atoms with Crippen molar-refractivity contribution < 1.29 is 14.3 Å². The number of amides is 1. The van der Waals surface area contributed by atoms with Gasteiger partial charge in [0.15, 0.2) is 17.2 Å². The number of benzene rings is 2. The van der Waals surface area contributed by atoms with Crippen LogP contribution in [0.4, 0.5) is 0 Å². The maximum atomic E-state index is 12.6. The van der Waals surface area contributed by atoms with Crippen molar-refractivity contribution in [3.05, 3.63) is 64.1 Å². The lowest BCUT2D eigenvalue weighted by Gasteiger charge is -2.15. The molecular formula is C18H15N3O4. The highest BCUT2D eigenvalue weighted by molar-refractivity contribution is 6.04. The largest absolute Gasteiger partial charge is 0.454 e. The van der Waals surface area contributed by atoms with Gasteiger partial charge in [-0.25, -0.2) is 5.10 Å². The van der Waals surface area contributed by atoms with Crippen LogP contribution in [0.25, 0.3) is 10.8 Å². The fourth-order valence-electron chi connectivity index (χ4n) is 2.82. The average Bonchev–Trinajstić information content (AvgIpc) is 3.09. The van der Waals surface area contributed by atoms with Gasteiger partial charge in [-0.3, -0.25) is 9.59 Å². The van der Waals surface area contributed by atoms with Crippen molar-refractivity contribution in [3.8, 4) is 11.5 Å². The van der Waals surface area contributed by atoms with Crippen LogP contribution in [0.2, 0.25) is 0 Å². The Bertz CT molecular complexity index is 1030. The molecule has 25 heavy (non-hydrogen) atoms. The third-order valence-corrected chi connectivity index (χ3v) is 4.16. The highest BCUT2D eigenvalue weighted by Crippen LogP contribution is 2.34. The van der Waals surface area contributed by atoms with Crippen LogP contribution in [-0.2, 0) is 0 Å². The molecule has 1 aromatic heterocycles. The van der Waals surface area contributed by atoms with Crippen LogP contribution in [-0.4, -0.2) is 22.9 Å². The first kappa shape index (κ1) is 15.2. The van der Waals surface area contributed by atoms with Gasteiger partial charge in [-0.1, -0.05) is 24.3 Å². The Morgan fingerprint density at radius 2 is 1.92 bits per heavy atom. The monoisotopic (exact) mass is 337 g/mol. The van der Waals surface area contributed by atoms with E-state index in [0.29, 0.717) is 22.3 Å². The van der Waals surface area contributed by atoms with E-state index < -0.39 is 0 Å². The average molecular weight is 337 g/mol. The number of nitrogens with zero attached hydrogens (tertiary/aromatic N) is 1. The minimum absolute atomic E-state index is 0.183. The molecule has 126 valence electrons. The molecular weight excluding hydrogens is 322 g/mol. The third kappa shape index (κ3) is 2.69. The van der Waals surface area contributed by atoms with Crippen molar-refractivity contribution >= 4 is 16.7 Å². The maximum absolute atomic E-state index is 12.6. The number of hydrogen-bond acceptors (Lipinski definition) is 5. The number of carbonyl (C=O) groups is 1. The van der Waals surface area contributed by atoms with Crippen molar-refractivity contribution in [2.75, 3.05) is 6.79 Å². The summed E-state index contributed by atoms with van der Waals surface area (Å²) in [7, 11) is 0. The van der Waals surface area contributed by atoms with E-state index in [1.807, 2.05) is 25.1 Å². The molecule has 7 heteroatoms. The Balaban J connectivity index is 1.62. The van der Waals surface area contributed by atoms with Crippen LogP contribution in [0.1, 0.15) is 29.0 Å². The zero-order valence-electron chi connectivity index (χ0n) is 13.4. The highest BCUT2D eigenvalue weighted by Gasteiger charge is 2.19. The van der Waals surface area contributed by atoms with E-state index in [1.165, 1.54) is 0 Å². The summed E-state index contributed by atoms with van der Waals surface area (Å²) >= 11 is 0. The highest BCUT2D eigenvalue weighted by atomic mass is 16.7. The molecule has 2 heterocycles. The molecule has 1 amide bonds. The molecule has 2 aromatic carbocycles. The Labute approximate surface area is 142 Å². The van der Waals surface area contributed by atoms with E-state index in [-0.39, 0.29) is 30.0 Å². The Hall–Kier alpha value is -3.35. The predicted octanol–water partition coefficient (Wildman–Crippen LogP) is 2.14. The lowest BCUT2D eigenvalue weighted by molar-refractivity contribution is 0.0935. The van der Waals surface area contributed by atoms with Gasteiger partial charge in [0.1, 0.15) is 0 Å². The van der Waals surface area contributed by atoms with Crippen LogP contribution >= 0.6 is 0 Å². The quantitative estimate of drug-likeness (QED) is 0.764. The zero-order valence-corrected chi connectivity index (χ0v) is 13.4. The first-order valence-electron chi connectivity index (χ1n) is 7.81. The van der Waals surface area contributed by atoms with Gasteiger partial charge in [-0.05, 0) is 30.7 Å². The SMILES string of the molecule is CC(NC(=O)c1n[nH]c(=O)c2ccccc12)c1ccc2c(c1)OCO2. The second-order valence-corrected chi connectivity index (χ2v) is 5.75. The second kappa shape index (κ2) is 5.94. The minimum atomic E-state index is -0.363. The van der Waals surface area contributed by atoms with Gasteiger partial charge >= 0.3 is 0 Å². The van der Waals surface area contributed by atoms with Gasteiger partial charge in [0.25, 0.3) is 11.5 Å². The summed E-state index contributed by atoms with van der Waals surface area (Å²) in [6.45, 7) is 2.07. The molecule has 0 saturated heterocycles. The molecule has 0 spiro atoms. The van der Waals surface area contributed by atoms with Gasteiger partial charge in [0.05, 0.1) is 11.4 Å². The zero-order chi connectivity index (χ0) is 17.4. The molecule has 0 saturated carbocycles. The van der Waals surface area contributed by atoms with Crippen LogP contribution in [0.15, 0.2) is 47.3 Å². The van der Waals surface area contributed by atoms with Crippen LogP contribution in [0.3, 0.4) is 0 Å². The van der Waals surface area contributed by atoms with Gasteiger partial charge in [-0.15, -0.1) is 0 Å². The smallest absolute Gasteiger partial charge is 0.272 e. The fourth-order valence-corrected chi connectivity index (χ4v) is 2.82. The Kier molecular flexibility index (Phi) is 3.61. The summed E-state index contributed by atoms with van der Waals surface area (Å²) in [6.07, 6.45) is 0. The van der Waals surface area contributed by atoms with Crippen molar-refractivity contribution in [2.24, 2.45) is 0 Å². The molecule has 1 unspecified atom stereocenters. The predicted molar refractivity (Wildman–Crippen MR) is 90.8 cm³/mol. The summed E-state index contributed by atoms with van der Waals surface area (Å²) in [5.74, 6) is 0.986. The first-order valence-corrected chi connectivity index (χ1v) is 7.81. The van der Waals surface area contributed by atoms with Crippen LogP contribution in [0, 0.1) is 0 Å². The number of carbonyl (C=O) groups excluding carboxylic acids is 1. The van der Waals surface area contributed by atoms with Gasteiger partial charge in [0.2, 0.25) is 6.79 Å². The van der Waals surface area contributed by atoms with Gasteiger partial charge < -0.3 is 14.8 Å². The molecule has 0 radical (unpaired) electrons. The number of H-pyrrole nitrogens is 1. The molecule has 3 aromatic rings. The van der Waals surface area contributed by atoms with E-state index in [2.05, 4.69) is 15.5 Å². The van der Waals surface area contributed by atoms with E-state index in [1.54, 1.807) is 24.3 Å². The van der Waals surface area contributed by atoms with E-state index >= 15 is 0 Å². The second-order valence-electron chi connectivity index (χ2n) is 5.75. The number of aromatic nitrogens is 2. The molecule has 7 nitrogen and oxygen atoms in total. The number of hydrogen-bond donors (Lipinski definition) is 2. The lowest BCUT2D eigenvalue weighted by Crippen LogP contribution is -2.29. The summed E-state index contributed by atoms with van der Waals surface area (Å²) < 4.78 is 10.7.